The van der Waals surface area contributed by atoms with E-state index >= 15 is 0 Å². The molecule has 4 rings (SSSR count). The van der Waals surface area contributed by atoms with Crippen molar-refractivity contribution >= 4 is 5.65 Å². The van der Waals surface area contributed by atoms with Crippen molar-refractivity contribution in [3.05, 3.63) is 36.3 Å². The minimum Gasteiger partial charge on any atom is -0.508 e. The van der Waals surface area contributed by atoms with Crippen molar-refractivity contribution in [2.45, 2.75) is 26.2 Å². The van der Waals surface area contributed by atoms with Crippen molar-refractivity contribution in [2.75, 3.05) is 0 Å². The summed E-state index contributed by atoms with van der Waals surface area (Å²) in [6.45, 7) is 2.15. The van der Waals surface area contributed by atoms with E-state index in [9.17, 15) is 5.11 Å². The summed E-state index contributed by atoms with van der Waals surface area (Å²) in [6.07, 6.45) is 4.66. The molecule has 3 heterocycles. The predicted octanol–water partition coefficient (Wildman–Crippen LogP) is 2.67. The maximum absolute atomic E-state index is 9.44. The molecule has 2 aromatic rings. The zero-order valence-corrected chi connectivity index (χ0v) is 12.7. The van der Waals surface area contributed by atoms with Crippen LogP contribution in [0, 0.1) is 0 Å². The summed E-state index contributed by atoms with van der Waals surface area (Å²) in [5.41, 5.74) is 2.49. The maximum Gasteiger partial charge on any atom is 0.188 e. The Balaban J connectivity index is 1.91. The summed E-state index contributed by atoms with van der Waals surface area (Å²) >= 11 is 0. The van der Waals surface area contributed by atoms with Crippen molar-refractivity contribution in [1.29, 1.82) is 0 Å². The van der Waals surface area contributed by atoms with Crippen LogP contribution in [0.4, 0.5) is 0 Å². The van der Waals surface area contributed by atoms with Crippen molar-refractivity contribution < 1.29 is 5.11 Å². The van der Waals surface area contributed by atoms with Crippen LogP contribution in [0.3, 0.4) is 0 Å². The molecule has 1 aromatic heterocycles. The average Bonchev–Trinajstić information content (AvgIpc) is 3.19. The molecule has 2 aliphatic heterocycles. The molecule has 2 N–H and O–H groups in total. The minimum atomic E-state index is 0.231. The van der Waals surface area contributed by atoms with Crippen LogP contribution in [0.5, 0.6) is 5.75 Å². The van der Waals surface area contributed by atoms with Crippen LogP contribution in [0.2, 0.25) is 0 Å². The van der Waals surface area contributed by atoms with E-state index in [1.807, 2.05) is 16.6 Å². The van der Waals surface area contributed by atoms with Gasteiger partial charge in [-0.25, -0.2) is 14.5 Å². The fourth-order valence-corrected chi connectivity index (χ4v) is 2.62. The lowest BCUT2D eigenvalue weighted by Crippen LogP contribution is -2.05. The lowest BCUT2D eigenvalue weighted by Gasteiger charge is -2.05. The second-order valence-electron chi connectivity index (χ2n) is 5.49. The molecule has 0 aliphatic carbocycles. The van der Waals surface area contributed by atoms with Crippen LogP contribution in [-0.4, -0.2) is 34.9 Å². The van der Waals surface area contributed by atoms with Crippen molar-refractivity contribution in [2.24, 2.45) is 0 Å². The van der Waals surface area contributed by atoms with Gasteiger partial charge in [-0.15, -0.1) is 5.10 Å². The van der Waals surface area contributed by atoms with Gasteiger partial charge in [-0.3, -0.25) is 5.10 Å². The third-order valence-corrected chi connectivity index (χ3v) is 3.86. The monoisotopic (exact) mass is 308 g/mol. The molecule has 23 heavy (non-hydrogen) atoms. The van der Waals surface area contributed by atoms with Crippen LogP contribution in [0.25, 0.3) is 28.4 Å². The Kier molecular flexibility index (Phi) is 3.18. The molecule has 0 spiro atoms. The Labute approximate surface area is 132 Å². The Morgan fingerprint density at radius 1 is 1.17 bits per heavy atom. The van der Waals surface area contributed by atoms with E-state index in [4.69, 9.17) is 0 Å². The molecule has 7 nitrogen and oxygen atoms in total. The first kappa shape index (κ1) is 13.7. The Bertz CT molecular complexity index is 924. The van der Waals surface area contributed by atoms with Gasteiger partial charge >= 0.3 is 0 Å². The molecular weight excluding hydrogens is 292 g/mol. The number of nitrogens with zero attached hydrogens (tertiary/aromatic N) is 5. The van der Waals surface area contributed by atoms with Gasteiger partial charge in [-0.05, 0) is 30.7 Å². The highest BCUT2D eigenvalue weighted by Gasteiger charge is 2.19. The van der Waals surface area contributed by atoms with Crippen molar-refractivity contribution in [3.8, 4) is 28.5 Å². The van der Waals surface area contributed by atoms with Crippen molar-refractivity contribution in [1.82, 2.24) is 29.8 Å². The largest absolute Gasteiger partial charge is 0.508 e. The second kappa shape index (κ2) is 5.35. The highest BCUT2D eigenvalue weighted by Crippen LogP contribution is 2.26. The zero-order chi connectivity index (χ0) is 15.8. The smallest absolute Gasteiger partial charge is 0.188 e. The first-order valence-electron chi connectivity index (χ1n) is 7.64. The molecule has 7 heteroatoms. The van der Waals surface area contributed by atoms with E-state index in [-0.39, 0.29) is 5.75 Å². The number of nitrogens with one attached hydrogen (secondary N) is 1. The van der Waals surface area contributed by atoms with Crippen LogP contribution in [0.15, 0.2) is 30.5 Å². The van der Waals surface area contributed by atoms with E-state index in [0.717, 1.165) is 47.7 Å². The summed E-state index contributed by atoms with van der Waals surface area (Å²) in [5, 5.41) is 20.8. The van der Waals surface area contributed by atoms with E-state index in [1.54, 1.807) is 18.3 Å². The number of H-pyrrole nitrogens is 1. The molecule has 0 bridgehead atoms. The number of hydrogen-bond acceptors (Lipinski definition) is 5. The first-order valence-corrected chi connectivity index (χ1v) is 7.64. The average molecular weight is 308 g/mol. The van der Waals surface area contributed by atoms with Crippen molar-refractivity contribution in [3.63, 3.8) is 0 Å². The lowest BCUT2D eigenvalue weighted by atomic mass is 10.2. The molecule has 2 aliphatic rings. The molecule has 0 saturated heterocycles. The fraction of sp³-hybridized carbons (Fsp3) is 0.250. The number of benzene rings is 1. The third-order valence-electron chi connectivity index (χ3n) is 3.86. The number of phenolic OH excluding ortho intramolecular Hbond substituents is 1. The normalized spacial score (nSPS) is 11.5. The molecule has 0 saturated carbocycles. The van der Waals surface area contributed by atoms with Gasteiger partial charge in [0.2, 0.25) is 0 Å². The van der Waals surface area contributed by atoms with E-state index < -0.39 is 0 Å². The SMILES string of the molecule is CCCCc1nc2nncc-2c2nc(-c3ccc(O)cc3)[nH]n12. The summed E-state index contributed by atoms with van der Waals surface area (Å²) in [6, 6.07) is 6.94. The topological polar surface area (TPSA) is 92.0 Å². The molecule has 0 amide bonds. The standard InChI is InChI=1S/C16H16N6O/c1-2-3-4-13-18-15-12(9-17-20-15)16-19-14(21-22(13)16)10-5-7-11(23)8-6-10/h5-9,23H,2-4H2,1H3,(H,19,21). The third kappa shape index (κ3) is 2.30. The van der Waals surface area contributed by atoms with E-state index in [2.05, 4.69) is 32.2 Å². The van der Waals surface area contributed by atoms with E-state index in [1.165, 1.54) is 0 Å². The zero-order valence-electron chi connectivity index (χ0n) is 12.7. The Morgan fingerprint density at radius 3 is 2.78 bits per heavy atom. The summed E-state index contributed by atoms with van der Waals surface area (Å²) in [7, 11) is 0. The minimum absolute atomic E-state index is 0.231. The quantitative estimate of drug-likeness (QED) is 0.604. The predicted molar refractivity (Wildman–Crippen MR) is 85.3 cm³/mol. The molecule has 0 radical (unpaired) electrons. The molecular formula is C16H16N6O. The van der Waals surface area contributed by atoms with Gasteiger partial charge in [-0.2, -0.15) is 5.10 Å². The number of rotatable bonds is 4. The first-order chi connectivity index (χ1) is 11.3. The number of fused-ring (bicyclic) bond motifs is 3. The van der Waals surface area contributed by atoms with Gasteiger partial charge in [0, 0.05) is 12.0 Å². The summed E-state index contributed by atoms with van der Waals surface area (Å²) in [5.74, 6) is 2.47. The van der Waals surface area contributed by atoms with Gasteiger partial charge in [0.25, 0.3) is 0 Å². The summed E-state index contributed by atoms with van der Waals surface area (Å²) < 4.78 is 1.91. The van der Waals surface area contributed by atoms with Gasteiger partial charge < -0.3 is 5.11 Å². The number of unbranched alkanes of at least 4 members (excludes halogenated alkanes) is 1. The van der Waals surface area contributed by atoms with Crippen LogP contribution < -0.4 is 0 Å². The molecule has 0 fully saturated rings. The van der Waals surface area contributed by atoms with Gasteiger partial charge in [0.1, 0.15) is 11.6 Å². The number of phenols is 1. The highest BCUT2D eigenvalue weighted by molar-refractivity contribution is 5.74. The molecule has 0 unspecified atom stereocenters. The van der Waals surface area contributed by atoms with Gasteiger partial charge in [-0.1, -0.05) is 13.3 Å². The van der Waals surface area contributed by atoms with Gasteiger partial charge in [0.15, 0.2) is 17.3 Å². The second-order valence-corrected chi connectivity index (χ2v) is 5.49. The van der Waals surface area contributed by atoms with Crippen LogP contribution in [-0.2, 0) is 6.42 Å². The Hall–Kier alpha value is -2.96. The number of aromatic hydroxyl groups is 1. The molecule has 116 valence electrons. The van der Waals surface area contributed by atoms with Crippen LogP contribution in [0.1, 0.15) is 25.6 Å². The summed E-state index contributed by atoms with van der Waals surface area (Å²) in [4.78, 5) is 9.29. The number of aromatic amines is 1. The van der Waals surface area contributed by atoms with E-state index in [0.29, 0.717) is 5.82 Å². The fourth-order valence-electron chi connectivity index (χ4n) is 2.62. The lowest BCUT2D eigenvalue weighted by molar-refractivity contribution is 0.475. The molecule has 1 aromatic carbocycles. The van der Waals surface area contributed by atoms with Gasteiger partial charge in [0.05, 0.1) is 11.8 Å². The number of hydrogen-bond donors (Lipinski definition) is 2. The Morgan fingerprint density at radius 2 is 2.00 bits per heavy atom. The molecule has 0 atom stereocenters. The number of aromatic nitrogens is 6. The highest BCUT2D eigenvalue weighted by atomic mass is 16.3. The number of aryl methyl sites for hydroxylation is 1. The van der Waals surface area contributed by atoms with Crippen LogP contribution >= 0.6 is 0 Å². The maximum atomic E-state index is 9.44.